The molecule has 1 aliphatic heterocycles. The van der Waals surface area contributed by atoms with Crippen molar-refractivity contribution in [2.75, 3.05) is 32.6 Å². The third-order valence-corrected chi connectivity index (χ3v) is 6.67. The van der Waals surface area contributed by atoms with Crippen molar-refractivity contribution >= 4 is 16.7 Å². The third kappa shape index (κ3) is 4.92. The lowest BCUT2D eigenvalue weighted by Crippen LogP contribution is -2.30. The van der Waals surface area contributed by atoms with Crippen LogP contribution in [0.15, 0.2) is 30.3 Å². The molecule has 0 amide bonds. The molecule has 2 heterocycles. The highest BCUT2D eigenvalue weighted by Crippen LogP contribution is 2.36. The van der Waals surface area contributed by atoms with Crippen LogP contribution in [0.1, 0.15) is 54.7 Å². The molecule has 1 fully saturated rings. The zero-order valence-corrected chi connectivity index (χ0v) is 20.4. The number of benzene rings is 2. The van der Waals surface area contributed by atoms with Crippen LogP contribution in [-0.4, -0.2) is 48.2 Å². The molecule has 6 nitrogen and oxygen atoms in total. The first-order valence-electron chi connectivity index (χ1n) is 11.6. The smallest absolute Gasteiger partial charge is 0.264 e. The van der Waals surface area contributed by atoms with Crippen LogP contribution in [0.25, 0.3) is 10.9 Å². The van der Waals surface area contributed by atoms with Crippen LogP contribution in [0.3, 0.4) is 0 Å². The SMILES string of the molecule is COc1cc2nc(C)nc(NC(C)c3cccc(C(F)F)c3C)c2cc1OC[C@@H]1CCCN1C. The van der Waals surface area contributed by atoms with Gasteiger partial charge in [-0.2, -0.15) is 0 Å². The molecule has 34 heavy (non-hydrogen) atoms. The zero-order valence-electron chi connectivity index (χ0n) is 20.4. The molecule has 3 aromatic rings. The molecule has 0 radical (unpaired) electrons. The molecule has 1 unspecified atom stereocenters. The van der Waals surface area contributed by atoms with Gasteiger partial charge in [0, 0.05) is 23.1 Å². The number of hydrogen-bond acceptors (Lipinski definition) is 6. The molecule has 2 aromatic carbocycles. The number of aromatic nitrogens is 2. The quantitative estimate of drug-likeness (QED) is 0.446. The standard InChI is InChI=1S/C26H32F2N4O2/c1-15-19(9-6-10-20(15)25(27)28)16(2)29-26-21-12-24(34-14-18-8-7-11-32(18)4)23(33-5)13-22(21)30-17(3)31-26/h6,9-10,12-13,16,18,25H,7-8,11,14H2,1-5H3,(H,29,30,31)/t16?,18-/m0/s1. The Hall–Kier alpha value is -3.00. The number of likely N-dealkylation sites (tertiary alicyclic amines) is 1. The maximum Gasteiger partial charge on any atom is 0.264 e. The van der Waals surface area contributed by atoms with Crippen LogP contribution in [0.2, 0.25) is 0 Å². The molecule has 0 saturated carbocycles. The summed E-state index contributed by atoms with van der Waals surface area (Å²) in [7, 11) is 3.73. The summed E-state index contributed by atoms with van der Waals surface area (Å²) in [5, 5.41) is 4.21. The molecule has 0 bridgehead atoms. The third-order valence-electron chi connectivity index (χ3n) is 6.67. The summed E-state index contributed by atoms with van der Waals surface area (Å²) >= 11 is 0. The van der Waals surface area contributed by atoms with E-state index in [1.54, 1.807) is 20.1 Å². The molecule has 1 aromatic heterocycles. The topological polar surface area (TPSA) is 59.5 Å². The van der Waals surface area contributed by atoms with E-state index < -0.39 is 6.43 Å². The van der Waals surface area contributed by atoms with E-state index >= 15 is 0 Å². The predicted molar refractivity (Wildman–Crippen MR) is 130 cm³/mol. The van der Waals surface area contributed by atoms with Crippen molar-refractivity contribution in [3.8, 4) is 11.5 Å². The minimum atomic E-state index is -2.51. The van der Waals surface area contributed by atoms with Gasteiger partial charge >= 0.3 is 0 Å². The Morgan fingerprint density at radius 2 is 1.91 bits per heavy atom. The zero-order chi connectivity index (χ0) is 24.4. The van der Waals surface area contributed by atoms with Crippen molar-refractivity contribution in [3.05, 3.63) is 52.8 Å². The van der Waals surface area contributed by atoms with Crippen LogP contribution in [0, 0.1) is 13.8 Å². The number of fused-ring (bicyclic) bond motifs is 1. The fourth-order valence-corrected chi connectivity index (χ4v) is 4.67. The minimum absolute atomic E-state index is 0.0483. The second-order valence-corrected chi connectivity index (χ2v) is 8.96. The van der Waals surface area contributed by atoms with Crippen molar-refractivity contribution in [2.45, 2.75) is 52.1 Å². The molecule has 1 N–H and O–H groups in total. The number of anilines is 1. The van der Waals surface area contributed by atoms with Gasteiger partial charge in [-0.1, -0.05) is 18.2 Å². The van der Waals surface area contributed by atoms with Crippen LogP contribution in [0.4, 0.5) is 14.6 Å². The first-order valence-corrected chi connectivity index (χ1v) is 11.6. The molecular weight excluding hydrogens is 438 g/mol. The van der Waals surface area contributed by atoms with E-state index in [1.165, 1.54) is 12.5 Å². The number of aryl methyl sites for hydroxylation is 1. The highest BCUT2D eigenvalue weighted by Gasteiger charge is 2.23. The van der Waals surface area contributed by atoms with E-state index in [1.807, 2.05) is 32.0 Å². The summed E-state index contributed by atoms with van der Waals surface area (Å²) in [6.07, 6.45) is -0.235. The monoisotopic (exact) mass is 470 g/mol. The summed E-state index contributed by atoms with van der Waals surface area (Å²) in [5.74, 6) is 2.48. The number of nitrogens with zero attached hydrogens (tertiary/aromatic N) is 3. The maximum atomic E-state index is 13.4. The molecule has 1 saturated heterocycles. The number of alkyl halides is 2. The van der Waals surface area contributed by atoms with Crippen molar-refractivity contribution < 1.29 is 18.3 Å². The largest absolute Gasteiger partial charge is 0.493 e. The van der Waals surface area contributed by atoms with E-state index in [4.69, 9.17) is 9.47 Å². The lowest BCUT2D eigenvalue weighted by atomic mass is 9.97. The van der Waals surface area contributed by atoms with E-state index in [0.29, 0.717) is 41.4 Å². The van der Waals surface area contributed by atoms with Gasteiger partial charge in [-0.3, -0.25) is 0 Å². The van der Waals surface area contributed by atoms with Crippen LogP contribution < -0.4 is 14.8 Å². The van der Waals surface area contributed by atoms with Gasteiger partial charge in [-0.15, -0.1) is 0 Å². The number of nitrogens with one attached hydrogen (secondary N) is 1. The minimum Gasteiger partial charge on any atom is -0.493 e. The average molecular weight is 471 g/mol. The summed E-state index contributed by atoms with van der Waals surface area (Å²) < 4.78 is 38.6. The second-order valence-electron chi connectivity index (χ2n) is 8.96. The maximum absolute atomic E-state index is 13.4. The van der Waals surface area contributed by atoms with Gasteiger partial charge in [-0.25, -0.2) is 18.7 Å². The highest BCUT2D eigenvalue weighted by atomic mass is 19.3. The lowest BCUT2D eigenvalue weighted by molar-refractivity contribution is 0.150. The van der Waals surface area contributed by atoms with E-state index in [-0.39, 0.29) is 11.6 Å². The molecule has 1 aliphatic rings. The summed E-state index contributed by atoms with van der Waals surface area (Å²) in [6.45, 7) is 7.15. The van der Waals surface area contributed by atoms with Crippen molar-refractivity contribution in [2.24, 2.45) is 0 Å². The van der Waals surface area contributed by atoms with Gasteiger partial charge in [-0.05, 0) is 64.4 Å². The molecule has 0 spiro atoms. The van der Waals surface area contributed by atoms with Crippen molar-refractivity contribution in [1.29, 1.82) is 0 Å². The average Bonchev–Trinajstić information content (AvgIpc) is 3.21. The predicted octanol–water partition coefficient (Wildman–Crippen LogP) is 5.84. The fraction of sp³-hybridized carbons (Fsp3) is 0.462. The molecular formula is C26H32F2N4O2. The number of halogens is 2. The molecule has 0 aliphatic carbocycles. The van der Waals surface area contributed by atoms with Gasteiger partial charge in [0.05, 0.1) is 18.7 Å². The van der Waals surface area contributed by atoms with Gasteiger partial charge in [0.1, 0.15) is 18.2 Å². The highest BCUT2D eigenvalue weighted by molar-refractivity contribution is 5.92. The van der Waals surface area contributed by atoms with Crippen LogP contribution in [0.5, 0.6) is 11.5 Å². The van der Waals surface area contributed by atoms with Gasteiger partial charge < -0.3 is 19.7 Å². The molecule has 8 heteroatoms. The summed E-state index contributed by atoms with van der Waals surface area (Å²) in [5.41, 5.74) is 2.16. The Morgan fingerprint density at radius 1 is 1.15 bits per heavy atom. The van der Waals surface area contributed by atoms with Gasteiger partial charge in [0.2, 0.25) is 0 Å². The summed E-state index contributed by atoms with van der Waals surface area (Å²) in [4.78, 5) is 11.5. The Labute approximate surface area is 199 Å². The number of methoxy groups -OCH3 is 1. The number of likely N-dealkylation sites (N-methyl/N-ethyl adjacent to an activating group) is 1. The lowest BCUT2D eigenvalue weighted by Gasteiger charge is -2.22. The van der Waals surface area contributed by atoms with Crippen LogP contribution in [-0.2, 0) is 0 Å². The van der Waals surface area contributed by atoms with E-state index in [9.17, 15) is 8.78 Å². The van der Waals surface area contributed by atoms with Crippen LogP contribution >= 0.6 is 0 Å². The van der Waals surface area contributed by atoms with E-state index in [0.717, 1.165) is 29.4 Å². The Bertz CT molecular complexity index is 1170. The Kier molecular flexibility index (Phi) is 7.16. The van der Waals surface area contributed by atoms with E-state index in [2.05, 4.69) is 27.2 Å². The fourth-order valence-electron chi connectivity index (χ4n) is 4.67. The van der Waals surface area contributed by atoms with Crippen molar-refractivity contribution in [1.82, 2.24) is 14.9 Å². The summed E-state index contributed by atoms with van der Waals surface area (Å²) in [6, 6.07) is 8.90. The molecule has 2 atom stereocenters. The Morgan fingerprint density at radius 3 is 2.59 bits per heavy atom. The number of ether oxygens (including phenoxy) is 2. The number of rotatable bonds is 8. The van der Waals surface area contributed by atoms with Gasteiger partial charge in [0.15, 0.2) is 11.5 Å². The molecule has 4 rings (SSSR count). The molecule has 182 valence electrons. The second kappa shape index (κ2) is 10.1. The van der Waals surface area contributed by atoms with Gasteiger partial charge in [0.25, 0.3) is 6.43 Å². The first kappa shape index (κ1) is 24.1. The first-order chi connectivity index (χ1) is 16.3. The number of hydrogen-bond donors (Lipinski definition) is 1. The van der Waals surface area contributed by atoms with Crippen molar-refractivity contribution in [3.63, 3.8) is 0 Å². The Balaban J connectivity index is 1.67. The normalized spacial score (nSPS) is 17.4.